The maximum Gasteiger partial charge on any atom is 0.269 e. The number of carbonyl (C=O) groups is 1. The van der Waals surface area contributed by atoms with Gasteiger partial charge in [-0.25, -0.2) is 4.68 Å². The number of ketones is 1. The van der Waals surface area contributed by atoms with Crippen LogP contribution < -0.4 is 0 Å². The van der Waals surface area contributed by atoms with Crippen molar-refractivity contribution in [2.24, 2.45) is 0 Å². The summed E-state index contributed by atoms with van der Waals surface area (Å²) in [6.45, 7) is 1.98. The normalized spacial score (nSPS) is 12.2. The van der Waals surface area contributed by atoms with Crippen molar-refractivity contribution in [1.82, 2.24) is 15.0 Å². The van der Waals surface area contributed by atoms with Crippen LogP contribution in [0.3, 0.4) is 0 Å². The van der Waals surface area contributed by atoms with Crippen LogP contribution in [0.5, 0.6) is 0 Å². The van der Waals surface area contributed by atoms with Gasteiger partial charge in [-0.05, 0) is 36.3 Å². The topological polar surface area (TPSA) is 90.9 Å². The third-order valence-electron chi connectivity index (χ3n) is 3.97. The summed E-state index contributed by atoms with van der Waals surface area (Å²) >= 11 is 0. The zero-order valence-electron chi connectivity index (χ0n) is 14.0. The highest BCUT2D eigenvalue weighted by Gasteiger charge is 2.13. The van der Waals surface area contributed by atoms with Crippen LogP contribution >= 0.6 is 0 Å². The molecule has 0 radical (unpaired) electrons. The van der Waals surface area contributed by atoms with Gasteiger partial charge in [-0.15, -0.1) is 5.10 Å². The molecule has 0 amide bonds. The molecule has 7 nitrogen and oxygen atoms in total. The lowest BCUT2D eigenvalue weighted by Gasteiger charge is -2.10. The van der Waals surface area contributed by atoms with Crippen LogP contribution in [0.25, 0.3) is 6.08 Å². The van der Waals surface area contributed by atoms with Gasteiger partial charge in [0.2, 0.25) is 5.78 Å². The third kappa shape index (κ3) is 3.89. The van der Waals surface area contributed by atoms with Crippen LogP contribution in [-0.4, -0.2) is 25.7 Å². The number of nitro groups is 1. The first-order valence-corrected chi connectivity index (χ1v) is 7.98. The summed E-state index contributed by atoms with van der Waals surface area (Å²) in [7, 11) is 0. The monoisotopic (exact) mass is 348 g/mol. The molecule has 7 heteroatoms. The molecular weight excluding hydrogens is 332 g/mol. The van der Waals surface area contributed by atoms with E-state index in [2.05, 4.69) is 10.3 Å². The number of nitro benzene ring substituents is 1. The van der Waals surface area contributed by atoms with E-state index in [1.165, 1.54) is 18.2 Å². The van der Waals surface area contributed by atoms with Crippen molar-refractivity contribution < 1.29 is 9.72 Å². The second kappa shape index (κ2) is 7.52. The average Bonchev–Trinajstić information content (AvgIpc) is 3.17. The Morgan fingerprint density at radius 3 is 2.50 bits per heavy atom. The molecule has 1 heterocycles. The van der Waals surface area contributed by atoms with Gasteiger partial charge in [0.25, 0.3) is 5.69 Å². The van der Waals surface area contributed by atoms with Gasteiger partial charge in [0.1, 0.15) is 0 Å². The molecule has 0 aliphatic rings. The van der Waals surface area contributed by atoms with Crippen molar-refractivity contribution in [3.8, 4) is 0 Å². The third-order valence-corrected chi connectivity index (χ3v) is 3.97. The fourth-order valence-electron chi connectivity index (χ4n) is 2.43. The largest absolute Gasteiger partial charge is 0.287 e. The fraction of sp³-hybridized carbons (Fsp3) is 0.105. The summed E-state index contributed by atoms with van der Waals surface area (Å²) in [5, 5.41) is 18.6. The molecule has 0 spiro atoms. The molecule has 0 aliphatic carbocycles. The number of hydrogen-bond donors (Lipinski definition) is 0. The van der Waals surface area contributed by atoms with Gasteiger partial charge in [-0.1, -0.05) is 41.6 Å². The van der Waals surface area contributed by atoms with Crippen molar-refractivity contribution >= 4 is 17.5 Å². The molecule has 3 aromatic rings. The number of nitrogens with zero attached hydrogens (tertiary/aromatic N) is 4. The number of benzene rings is 2. The summed E-state index contributed by atoms with van der Waals surface area (Å²) < 4.78 is 1.64. The molecule has 0 saturated heterocycles. The molecule has 3 rings (SSSR count). The predicted octanol–water partition coefficient (Wildman–Crippen LogP) is 3.69. The Balaban J connectivity index is 1.70. The molecule has 1 aromatic heterocycles. The van der Waals surface area contributed by atoms with Crippen molar-refractivity contribution in [2.75, 3.05) is 0 Å². The lowest BCUT2D eigenvalue weighted by Crippen LogP contribution is -2.07. The number of non-ortho nitro benzene ring substituents is 1. The van der Waals surface area contributed by atoms with Crippen molar-refractivity contribution in [3.63, 3.8) is 0 Å². The van der Waals surface area contributed by atoms with Gasteiger partial charge in [0, 0.05) is 12.1 Å². The summed E-state index contributed by atoms with van der Waals surface area (Å²) in [4.78, 5) is 22.4. The smallest absolute Gasteiger partial charge is 0.269 e. The average molecular weight is 348 g/mol. The Bertz CT molecular complexity index is 946. The quantitative estimate of drug-likeness (QED) is 0.293. The Morgan fingerprint density at radius 1 is 1.15 bits per heavy atom. The molecule has 1 atom stereocenters. The SMILES string of the molecule is CC(c1ccccc1)n1cc(C(=O)C=Cc2ccc([N+](=O)[O-])cc2)nn1. The maximum atomic E-state index is 12.3. The van der Waals surface area contributed by atoms with Gasteiger partial charge in [-0.3, -0.25) is 14.9 Å². The highest BCUT2D eigenvalue weighted by atomic mass is 16.6. The minimum atomic E-state index is -0.467. The Morgan fingerprint density at radius 2 is 1.85 bits per heavy atom. The molecule has 1 unspecified atom stereocenters. The van der Waals surface area contributed by atoms with Gasteiger partial charge in [0.05, 0.1) is 17.2 Å². The van der Waals surface area contributed by atoms with E-state index in [9.17, 15) is 14.9 Å². The lowest BCUT2D eigenvalue weighted by molar-refractivity contribution is -0.384. The lowest BCUT2D eigenvalue weighted by atomic mass is 10.1. The summed E-state index contributed by atoms with van der Waals surface area (Å²) in [5.41, 5.74) is 2.00. The van der Waals surface area contributed by atoms with Gasteiger partial charge in [0.15, 0.2) is 5.69 Å². The molecule has 0 bridgehead atoms. The molecule has 0 aliphatic heterocycles. The number of carbonyl (C=O) groups excluding carboxylic acids is 1. The van der Waals surface area contributed by atoms with Crippen molar-refractivity contribution in [2.45, 2.75) is 13.0 Å². The molecule has 0 saturated carbocycles. The van der Waals surface area contributed by atoms with Gasteiger partial charge in [-0.2, -0.15) is 0 Å². The van der Waals surface area contributed by atoms with Crippen LogP contribution in [0.1, 0.15) is 34.6 Å². The first-order valence-electron chi connectivity index (χ1n) is 7.98. The number of rotatable bonds is 6. The fourth-order valence-corrected chi connectivity index (χ4v) is 2.43. The second-order valence-electron chi connectivity index (χ2n) is 5.72. The maximum absolute atomic E-state index is 12.3. The molecule has 130 valence electrons. The molecular formula is C19H16N4O3. The predicted molar refractivity (Wildman–Crippen MR) is 96.7 cm³/mol. The van der Waals surface area contributed by atoms with E-state index in [0.717, 1.165) is 5.56 Å². The summed E-state index contributed by atoms with van der Waals surface area (Å²) in [6, 6.07) is 15.7. The highest BCUT2D eigenvalue weighted by molar-refractivity contribution is 6.05. The summed E-state index contributed by atoms with van der Waals surface area (Å²) in [6.07, 6.45) is 4.58. The minimum Gasteiger partial charge on any atom is -0.287 e. The Kier molecular flexibility index (Phi) is 4.98. The first kappa shape index (κ1) is 17.2. The van der Waals surface area contributed by atoms with Crippen LogP contribution in [0.4, 0.5) is 5.69 Å². The zero-order valence-corrected chi connectivity index (χ0v) is 14.0. The van der Waals surface area contributed by atoms with E-state index in [-0.39, 0.29) is 23.2 Å². The van der Waals surface area contributed by atoms with Gasteiger partial charge < -0.3 is 0 Å². The van der Waals surface area contributed by atoms with E-state index >= 15 is 0 Å². The van der Waals surface area contributed by atoms with Crippen LogP contribution in [0.2, 0.25) is 0 Å². The van der Waals surface area contributed by atoms with E-state index in [1.807, 2.05) is 37.3 Å². The zero-order chi connectivity index (χ0) is 18.5. The van der Waals surface area contributed by atoms with Crippen molar-refractivity contribution in [3.05, 3.63) is 93.8 Å². The first-order chi connectivity index (χ1) is 12.5. The van der Waals surface area contributed by atoms with Crippen LogP contribution in [0.15, 0.2) is 66.9 Å². The van der Waals surface area contributed by atoms with Crippen LogP contribution in [-0.2, 0) is 0 Å². The minimum absolute atomic E-state index is 0.00585. The van der Waals surface area contributed by atoms with E-state index < -0.39 is 4.92 Å². The van der Waals surface area contributed by atoms with E-state index in [4.69, 9.17) is 0 Å². The molecule has 2 aromatic carbocycles. The van der Waals surface area contributed by atoms with Crippen LogP contribution in [0, 0.1) is 10.1 Å². The number of aromatic nitrogens is 3. The number of allylic oxidation sites excluding steroid dienone is 1. The Hall–Kier alpha value is -3.61. The molecule has 0 N–H and O–H groups in total. The molecule has 0 fully saturated rings. The number of hydrogen-bond acceptors (Lipinski definition) is 5. The van der Waals surface area contributed by atoms with Crippen molar-refractivity contribution in [1.29, 1.82) is 0 Å². The van der Waals surface area contributed by atoms with E-state index in [0.29, 0.717) is 5.56 Å². The second-order valence-corrected chi connectivity index (χ2v) is 5.72. The highest BCUT2D eigenvalue weighted by Crippen LogP contribution is 2.17. The van der Waals surface area contributed by atoms with E-state index in [1.54, 1.807) is 29.1 Å². The van der Waals surface area contributed by atoms with Gasteiger partial charge >= 0.3 is 0 Å². The summed E-state index contributed by atoms with van der Waals surface area (Å²) in [5.74, 6) is -0.283. The molecule has 26 heavy (non-hydrogen) atoms. The standard InChI is InChI=1S/C19H16N4O3/c1-14(16-5-3-2-4-6-16)22-13-18(20-21-22)19(24)12-9-15-7-10-17(11-8-15)23(25)26/h2-14H,1H3. The Labute approximate surface area is 149 Å².